The summed E-state index contributed by atoms with van der Waals surface area (Å²) in [6.07, 6.45) is 52.6. The average Bonchev–Trinajstić information content (AvgIpc) is 3.20. The van der Waals surface area contributed by atoms with Crippen molar-refractivity contribution in [1.82, 2.24) is 0 Å². The number of aliphatic hydroxyl groups excluding tert-OH is 2. The van der Waals surface area contributed by atoms with Crippen LogP contribution >= 0.6 is 7.82 Å². The van der Waals surface area contributed by atoms with Gasteiger partial charge in [0.15, 0.2) is 0 Å². The van der Waals surface area contributed by atoms with E-state index < -0.39 is 45.8 Å². The zero-order chi connectivity index (χ0) is 41.8. The molecule has 0 aliphatic rings. The summed E-state index contributed by atoms with van der Waals surface area (Å²) in [5, 5.41) is 18.3. The predicted molar refractivity (Wildman–Crippen MR) is 237 cm³/mol. The molecule has 0 spiro atoms. The van der Waals surface area contributed by atoms with Crippen LogP contribution in [0.1, 0.15) is 162 Å². The number of carbonyl (C=O) groups excluding carboxylic acids is 1. The number of hydrogen-bond acceptors (Lipinski definition) is 8. The van der Waals surface area contributed by atoms with Crippen molar-refractivity contribution in [2.24, 2.45) is 0 Å². The van der Waals surface area contributed by atoms with Crippen molar-refractivity contribution in [2.45, 2.75) is 174 Å². The Morgan fingerprint density at radius 2 is 1.00 bits per heavy atom. The Morgan fingerprint density at radius 3 is 1.47 bits per heavy atom. The molecule has 0 amide bonds. The van der Waals surface area contributed by atoms with Gasteiger partial charge in [0, 0.05) is 13.0 Å². The smallest absolute Gasteiger partial charge is 0.457 e. The molecule has 9 nitrogen and oxygen atoms in total. The zero-order valence-electron chi connectivity index (χ0n) is 35.8. The highest BCUT2D eigenvalue weighted by Gasteiger charge is 2.26. The normalized spacial score (nSPS) is 14.8. The highest BCUT2D eigenvalue weighted by atomic mass is 31.2. The Hall–Kier alpha value is -2.36. The largest absolute Gasteiger partial charge is 0.472 e. The standard InChI is InChI=1S/C47H81O9P/c1-3-5-7-9-11-13-15-17-18-19-20-21-22-23-24-25-26-27-28-30-32-34-36-38-40-53-43-46(44-55-57(51,52)54-42-45(49)41-48)56-47(50)39-37-35-33-31-29-16-14-12-10-8-6-4-2/h5,7,11,13,17-18,20-21,23-24,26-27,30,32,45-46,48-49H,3-4,6,8-10,12,14-16,19,22,25,28-29,31,33-44H2,1-2H3,(H,51,52)/b7-5-,13-11-,18-17-,21-20-,24-23-,27-26-,32-30-. The maximum Gasteiger partial charge on any atom is 0.472 e. The molecule has 3 atom stereocenters. The van der Waals surface area contributed by atoms with Crippen LogP contribution in [0.25, 0.3) is 0 Å². The summed E-state index contributed by atoms with van der Waals surface area (Å²) in [5.41, 5.74) is 0. The van der Waals surface area contributed by atoms with E-state index in [1.54, 1.807) is 0 Å². The van der Waals surface area contributed by atoms with E-state index in [9.17, 15) is 19.4 Å². The number of allylic oxidation sites excluding steroid dienone is 14. The third kappa shape index (κ3) is 43.1. The minimum absolute atomic E-state index is 0.0158. The van der Waals surface area contributed by atoms with Gasteiger partial charge in [-0.2, -0.15) is 0 Å². The molecule has 328 valence electrons. The molecule has 0 aromatic heterocycles. The number of carbonyl (C=O) groups is 1. The number of aliphatic hydroxyl groups is 2. The van der Waals surface area contributed by atoms with Crippen LogP contribution in [0, 0.1) is 0 Å². The Bertz CT molecular complexity index is 1160. The number of unbranched alkanes of at least 4 members (excludes halogenated alkanes) is 13. The van der Waals surface area contributed by atoms with Crippen molar-refractivity contribution < 1.29 is 43.0 Å². The first-order chi connectivity index (χ1) is 27.8. The van der Waals surface area contributed by atoms with Gasteiger partial charge in [0.05, 0.1) is 26.4 Å². The molecule has 0 radical (unpaired) electrons. The van der Waals surface area contributed by atoms with Gasteiger partial charge >= 0.3 is 13.8 Å². The highest BCUT2D eigenvalue weighted by Crippen LogP contribution is 2.43. The summed E-state index contributed by atoms with van der Waals surface area (Å²) in [7, 11) is -4.53. The molecule has 0 aromatic carbocycles. The summed E-state index contributed by atoms with van der Waals surface area (Å²) in [5.74, 6) is -0.402. The molecule has 0 saturated carbocycles. The quantitative estimate of drug-likeness (QED) is 0.0239. The number of ether oxygens (including phenoxy) is 2. The topological polar surface area (TPSA) is 132 Å². The van der Waals surface area contributed by atoms with Crippen LogP contribution in [0.5, 0.6) is 0 Å². The van der Waals surface area contributed by atoms with Gasteiger partial charge in [0.1, 0.15) is 12.2 Å². The van der Waals surface area contributed by atoms with Gasteiger partial charge in [-0.15, -0.1) is 0 Å². The molecular weight excluding hydrogens is 739 g/mol. The van der Waals surface area contributed by atoms with Crippen LogP contribution in [0.4, 0.5) is 0 Å². The first-order valence-corrected chi connectivity index (χ1v) is 23.6. The van der Waals surface area contributed by atoms with E-state index in [0.717, 1.165) is 83.5 Å². The summed E-state index contributed by atoms with van der Waals surface area (Å²) < 4.78 is 33.3. The van der Waals surface area contributed by atoms with E-state index in [1.807, 2.05) is 0 Å². The van der Waals surface area contributed by atoms with Gasteiger partial charge < -0.3 is 24.6 Å². The Morgan fingerprint density at radius 1 is 0.561 bits per heavy atom. The molecule has 0 aliphatic carbocycles. The fourth-order valence-electron chi connectivity index (χ4n) is 5.51. The number of esters is 1. The number of rotatable bonds is 41. The molecule has 0 aromatic rings. The Kier molecular flexibility index (Phi) is 41.4. The summed E-state index contributed by atoms with van der Waals surface area (Å²) in [6.45, 7) is 3.26. The van der Waals surface area contributed by atoms with Gasteiger partial charge in [-0.3, -0.25) is 13.8 Å². The zero-order valence-corrected chi connectivity index (χ0v) is 36.7. The van der Waals surface area contributed by atoms with Gasteiger partial charge in [-0.25, -0.2) is 4.57 Å². The summed E-state index contributed by atoms with van der Waals surface area (Å²) in [4.78, 5) is 22.5. The molecular formula is C47H81O9P. The van der Waals surface area contributed by atoms with Gasteiger partial charge in [0.2, 0.25) is 0 Å². The van der Waals surface area contributed by atoms with Crippen molar-refractivity contribution in [3.8, 4) is 0 Å². The number of hydrogen-bond donors (Lipinski definition) is 3. The minimum atomic E-state index is -4.53. The lowest BCUT2D eigenvalue weighted by atomic mass is 10.0. The molecule has 0 rings (SSSR count). The molecule has 3 unspecified atom stereocenters. The molecule has 0 heterocycles. The van der Waals surface area contributed by atoms with Crippen LogP contribution < -0.4 is 0 Å². The highest BCUT2D eigenvalue weighted by molar-refractivity contribution is 7.47. The first-order valence-electron chi connectivity index (χ1n) is 22.1. The Labute approximate surface area is 347 Å². The van der Waals surface area contributed by atoms with E-state index in [0.29, 0.717) is 6.61 Å². The van der Waals surface area contributed by atoms with Crippen LogP contribution in [0.2, 0.25) is 0 Å². The fraction of sp³-hybridized carbons (Fsp3) is 0.681. The van der Waals surface area contributed by atoms with Crippen molar-refractivity contribution in [1.29, 1.82) is 0 Å². The Balaban J connectivity index is 4.24. The van der Waals surface area contributed by atoms with Gasteiger partial charge in [-0.1, -0.05) is 170 Å². The second-order valence-electron chi connectivity index (χ2n) is 14.3. The third-order valence-electron chi connectivity index (χ3n) is 8.85. The van der Waals surface area contributed by atoms with E-state index in [1.165, 1.54) is 57.8 Å². The van der Waals surface area contributed by atoms with E-state index in [-0.39, 0.29) is 13.0 Å². The van der Waals surface area contributed by atoms with Gasteiger partial charge in [0.25, 0.3) is 0 Å². The minimum Gasteiger partial charge on any atom is -0.457 e. The second kappa shape index (κ2) is 43.2. The van der Waals surface area contributed by atoms with Crippen molar-refractivity contribution in [3.05, 3.63) is 85.1 Å². The lowest BCUT2D eigenvalue weighted by Gasteiger charge is -2.20. The fourth-order valence-corrected chi connectivity index (χ4v) is 6.30. The molecule has 0 fully saturated rings. The van der Waals surface area contributed by atoms with Crippen molar-refractivity contribution in [3.63, 3.8) is 0 Å². The number of phosphoric acid groups is 1. The lowest BCUT2D eigenvalue weighted by molar-refractivity contribution is -0.154. The van der Waals surface area contributed by atoms with E-state index >= 15 is 0 Å². The monoisotopic (exact) mass is 821 g/mol. The van der Waals surface area contributed by atoms with Crippen molar-refractivity contribution in [2.75, 3.05) is 33.0 Å². The van der Waals surface area contributed by atoms with Crippen LogP contribution in [-0.2, 0) is 27.9 Å². The molecule has 0 saturated heterocycles. The lowest BCUT2D eigenvalue weighted by Crippen LogP contribution is -2.29. The molecule has 3 N–H and O–H groups in total. The third-order valence-corrected chi connectivity index (χ3v) is 9.80. The van der Waals surface area contributed by atoms with Crippen LogP contribution in [-0.4, -0.2) is 66.3 Å². The summed E-state index contributed by atoms with van der Waals surface area (Å²) in [6, 6.07) is 0. The molecule has 10 heteroatoms. The van der Waals surface area contributed by atoms with Gasteiger partial charge in [-0.05, 0) is 70.6 Å². The molecule has 57 heavy (non-hydrogen) atoms. The van der Waals surface area contributed by atoms with Crippen molar-refractivity contribution >= 4 is 13.8 Å². The van der Waals surface area contributed by atoms with Crippen LogP contribution in [0.3, 0.4) is 0 Å². The maximum absolute atomic E-state index is 12.6. The predicted octanol–water partition coefficient (Wildman–Crippen LogP) is 12.3. The first kappa shape index (κ1) is 54.6. The average molecular weight is 821 g/mol. The SMILES string of the molecule is CC/C=C\C/C=C\C/C=C\C/C=C\C/C=C\C/C=C\C/C=C\CCCCOCC(COP(=O)(O)OCC(O)CO)OC(=O)CCCCCCCCCCCCCC. The summed E-state index contributed by atoms with van der Waals surface area (Å²) >= 11 is 0. The van der Waals surface area contributed by atoms with E-state index in [4.69, 9.17) is 23.6 Å². The second-order valence-corrected chi connectivity index (χ2v) is 15.8. The molecule has 0 bridgehead atoms. The van der Waals surface area contributed by atoms with E-state index in [2.05, 4.69) is 98.9 Å². The van der Waals surface area contributed by atoms with Crippen LogP contribution in [0.15, 0.2) is 85.1 Å². The number of phosphoric ester groups is 1. The molecule has 0 aliphatic heterocycles. The maximum atomic E-state index is 12.6.